The molecule has 0 saturated heterocycles. The molecule has 0 aliphatic carbocycles. The van der Waals surface area contributed by atoms with Gasteiger partial charge in [-0.05, 0) is 30.7 Å². The van der Waals surface area contributed by atoms with Crippen LogP contribution in [0.1, 0.15) is 41.3 Å². The molecule has 0 saturated carbocycles. The average molecular weight is 541 g/mol. The monoisotopic (exact) mass is 540 g/mol. The van der Waals surface area contributed by atoms with Crippen molar-refractivity contribution in [2.45, 2.75) is 35.6 Å². The van der Waals surface area contributed by atoms with E-state index in [-0.39, 0.29) is 35.6 Å². The SMILES string of the molecule is COCCCOc1cc(C(F)(F)F)ccc1[C@H]1CCOc2cc(S(=O)(=O)Cc3ncc(F)cn3)ccc21. The highest BCUT2D eigenvalue weighted by Gasteiger charge is 2.33. The van der Waals surface area contributed by atoms with Crippen LogP contribution in [-0.4, -0.2) is 45.3 Å². The molecule has 37 heavy (non-hydrogen) atoms. The molecule has 0 unspecified atom stereocenters. The summed E-state index contributed by atoms with van der Waals surface area (Å²) in [4.78, 5) is 7.36. The Hall–Kier alpha value is -3.25. The van der Waals surface area contributed by atoms with E-state index in [9.17, 15) is 26.0 Å². The van der Waals surface area contributed by atoms with Gasteiger partial charge in [0.15, 0.2) is 15.7 Å². The Bertz CT molecular complexity index is 1350. The molecule has 0 fully saturated rings. The van der Waals surface area contributed by atoms with Gasteiger partial charge < -0.3 is 14.2 Å². The number of methoxy groups -OCH3 is 1. The van der Waals surface area contributed by atoms with E-state index in [1.165, 1.54) is 25.3 Å². The van der Waals surface area contributed by atoms with E-state index >= 15 is 0 Å². The first-order valence-electron chi connectivity index (χ1n) is 11.4. The molecule has 2 aromatic carbocycles. The van der Waals surface area contributed by atoms with E-state index in [1.54, 1.807) is 6.07 Å². The van der Waals surface area contributed by atoms with Gasteiger partial charge in [0.1, 0.15) is 23.1 Å². The fourth-order valence-electron chi connectivity index (χ4n) is 4.06. The van der Waals surface area contributed by atoms with Crippen molar-refractivity contribution in [3.05, 3.63) is 77.1 Å². The van der Waals surface area contributed by atoms with Gasteiger partial charge in [-0.25, -0.2) is 22.8 Å². The van der Waals surface area contributed by atoms with E-state index in [1.807, 2.05) is 0 Å². The van der Waals surface area contributed by atoms with Crippen LogP contribution in [0.25, 0.3) is 0 Å². The van der Waals surface area contributed by atoms with Gasteiger partial charge in [-0.2, -0.15) is 13.2 Å². The van der Waals surface area contributed by atoms with Gasteiger partial charge >= 0.3 is 6.18 Å². The zero-order chi connectivity index (χ0) is 26.6. The first-order valence-corrected chi connectivity index (χ1v) is 13.0. The number of hydrogen-bond acceptors (Lipinski definition) is 7. The minimum atomic E-state index is -4.53. The molecule has 0 N–H and O–H groups in total. The number of hydrogen-bond donors (Lipinski definition) is 0. The molecule has 0 bridgehead atoms. The number of sulfone groups is 1. The summed E-state index contributed by atoms with van der Waals surface area (Å²) < 4.78 is 95.5. The summed E-state index contributed by atoms with van der Waals surface area (Å²) in [5.74, 6) is -1.23. The Kier molecular flexibility index (Phi) is 7.98. The second-order valence-corrected chi connectivity index (χ2v) is 10.4. The minimum absolute atomic E-state index is 0.0386. The van der Waals surface area contributed by atoms with Crippen LogP contribution in [0.4, 0.5) is 17.6 Å². The lowest BCUT2D eigenvalue weighted by atomic mass is 9.85. The van der Waals surface area contributed by atoms with Crippen molar-refractivity contribution in [3.63, 3.8) is 0 Å². The van der Waals surface area contributed by atoms with E-state index < -0.39 is 33.1 Å². The fraction of sp³-hybridized carbons (Fsp3) is 0.360. The maximum Gasteiger partial charge on any atom is 0.416 e. The summed E-state index contributed by atoms with van der Waals surface area (Å²) >= 11 is 0. The number of halogens is 4. The van der Waals surface area contributed by atoms with Gasteiger partial charge in [0.25, 0.3) is 0 Å². The lowest BCUT2D eigenvalue weighted by Crippen LogP contribution is -2.18. The molecule has 198 valence electrons. The molecular formula is C25H24F4N2O5S. The van der Waals surface area contributed by atoms with Crippen LogP contribution in [0.15, 0.2) is 53.7 Å². The predicted molar refractivity (Wildman–Crippen MR) is 125 cm³/mol. The van der Waals surface area contributed by atoms with Gasteiger partial charge in [-0.1, -0.05) is 12.1 Å². The Labute approximate surface area is 211 Å². The summed E-state index contributed by atoms with van der Waals surface area (Å²) in [6, 6.07) is 7.76. The minimum Gasteiger partial charge on any atom is -0.493 e. The number of nitrogens with zero attached hydrogens (tertiary/aromatic N) is 2. The van der Waals surface area contributed by atoms with Crippen LogP contribution in [0.2, 0.25) is 0 Å². The first kappa shape index (κ1) is 26.8. The normalized spacial score (nSPS) is 15.6. The number of benzene rings is 2. The van der Waals surface area contributed by atoms with Crippen LogP contribution in [0.5, 0.6) is 11.5 Å². The highest BCUT2D eigenvalue weighted by molar-refractivity contribution is 7.90. The second kappa shape index (κ2) is 11.0. The van der Waals surface area contributed by atoms with Crippen LogP contribution in [0.3, 0.4) is 0 Å². The van der Waals surface area contributed by atoms with E-state index in [2.05, 4.69) is 9.97 Å². The molecule has 0 spiro atoms. The lowest BCUT2D eigenvalue weighted by Gasteiger charge is -2.28. The maximum atomic E-state index is 13.4. The van der Waals surface area contributed by atoms with Gasteiger partial charge in [0.05, 0.1) is 36.1 Å². The Morgan fingerprint density at radius 1 is 1.05 bits per heavy atom. The van der Waals surface area contributed by atoms with Crippen molar-refractivity contribution in [1.29, 1.82) is 0 Å². The average Bonchev–Trinajstić information content (AvgIpc) is 2.86. The van der Waals surface area contributed by atoms with Crippen molar-refractivity contribution >= 4 is 9.84 Å². The third-order valence-electron chi connectivity index (χ3n) is 5.84. The molecule has 3 aromatic rings. The largest absolute Gasteiger partial charge is 0.493 e. The molecule has 1 aliphatic heterocycles. The van der Waals surface area contributed by atoms with Gasteiger partial charge in [-0.15, -0.1) is 0 Å². The second-order valence-electron chi connectivity index (χ2n) is 8.41. The fourth-order valence-corrected chi connectivity index (χ4v) is 5.28. The van der Waals surface area contributed by atoms with Gasteiger partial charge in [-0.3, -0.25) is 0 Å². The highest BCUT2D eigenvalue weighted by atomic mass is 32.2. The molecule has 7 nitrogen and oxygen atoms in total. The summed E-state index contributed by atoms with van der Waals surface area (Å²) in [6.45, 7) is 0.794. The van der Waals surface area contributed by atoms with Crippen molar-refractivity contribution in [3.8, 4) is 11.5 Å². The summed E-state index contributed by atoms with van der Waals surface area (Å²) in [5.41, 5.74) is 0.352. The topological polar surface area (TPSA) is 87.6 Å². The highest BCUT2D eigenvalue weighted by Crippen LogP contribution is 2.44. The van der Waals surface area contributed by atoms with Crippen LogP contribution in [-0.2, 0) is 26.5 Å². The smallest absolute Gasteiger partial charge is 0.416 e. The molecule has 12 heteroatoms. The number of aromatic nitrogens is 2. The van der Waals surface area contributed by atoms with Gasteiger partial charge in [0.2, 0.25) is 0 Å². The van der Waals surface area contributed by atoms with Crippen molar-refractivity contribution in [2.75, 3.05) is 26.9 Å². The molecular weight excluding hydrogens is 516 g/mol. The number of alkyl halides is 3. The quantitative estimate of drug-likeness (QED) is 0.281. The Balaban J connectivity index is 1.65. The summed E-state index contributed by atoms with van der Waals surface area (Å²) in [6.07, 6.45) is -1.80. The Morgan fingerprint density at radius 2 is 1.78 bits per heavy atom. The molecule has 0 radical (unpaired) electrons. The number of fused-ring (bicyclic) bond motifs is 1. The zero-order valence-electron chi connectivity index (χ0n) is 19.8. The summed E-state index contributed by atoms with van der Waals surface area (Å²) in [7, 11) is -2.35. The molecule has 2 heterocycles. The number of rotatable bonds is 9. The molecule has 1 aliphatic rings. The lowest BCUT2D eigenvalue weighted by molar-refractivity contribution is -0.137. The molecule has 4 rings (SSSR count). The third-order valence-corrected chi connectivity index (χ3v) is 7.45. The van der Waals surface area contributed by atoms with Crippen molar-refractivity contribution in [1.82, 2.24) is 9.97 Å². The van der Waals surface area contributed by atoms with E-state index in [0.29, 0.717) is 36.3 Å². The van der Waals surface area contributed by atoms with Crippen LogP contribution < -0.4 is 9.47 Å². The molecule has 1 aromatic heterocycles. The van der Waals surface area contributed by atoms with Gasteiger partial charge in [0, 0.05) is 37.2 Å². The standard InChI is InChI=1S/C25H24F4N2O5S/c1-34-8-2-9-35-22-11-16(25(27,28)29)3-5-20(22)19-7-10-36-23-12-18(4-6-21(19)23)37(32,33)15-24-30-13-17(26)14-31-24/h3-6,11-14,19H,2,7-10,15H2,1H3/t19-/m1/s1. The first-order chi connectivity index (χ1) is 17.6. The maximum absolute atomic E-state index is 13.4. The van der Waals surface area contributed by atoms with E-state index in [0.717, 1.165) is 24.5 Å². The predicted octanol–water partition coefficient (Wildman–Crippen LogP) is 4.94. The van der Waals surface area contributed by atoms with E-state index in [4.69, 9.17) is 14.2 Å². The van der Waals surface area contributed by atoms with Crippen molar-refractivity contribution < 1.29 is 40.2 Å². The van der Waals surface area contributed by atoms with Crippen LogP contribution in [0, 0.1) is 5.82 Å². The Morgan fingerprint density at radius 3 is 2.49 bits per heavy atom. The van der Waals surface area contributed by atoms with Crippen LogP contribution >= 0.6 is 0 Å². The molecule has 1 atom stereocenters. The number of ether oxygens (including phenoxy) is 3. The zero-order valence-corrected chi connectivity index (χ0v) is 20.6. The molecule has 0 amide bonds. The summed E-state index contributed by atoms with van der Waals surface area (Å²) in [5, 5.41) is 0. The van der Waals surface area contributed by atoms with Crippen molar-refractivity contribution in [2.24, 2.45) is 0 Å². The third kappa shape index (κ3) is 6.37.